The normalized spacial score (nSPS) is 9.38. The molecule has 0 atom stereocenters. The summed E-state index contributed by atoms with van der Waals surface area (Å²) in [6.45, 7) is -0.665. The van der Waals surface area contributed by atoms with Gasteiger partial charge in [-0.25, -0.2) is 9.37 Å². The molecule has 0 aliphatic heterocycles. The average molecular weight is 185 g/mol. The number of aromatic nitrogens is 1. The number of halogens is 1. The summed E-state index contributed by atoms with van der Waals surface area (Å²) in [4.78, 5) is 14.1. The Morgan fingerprint density at radius 3 is 3.08 bits per heavy atom. The molecule has 0 saturated heterocycles. The third kappa shape index (κ3) is 2.68. The van der Waals surface area contributed by atoms with Crippen molar-refractivity contribution in [1.82, 2.24) is 10.4 Å². The largest absolute Gasteiger partial charge is 0.386 e. The number of hydrazine groups is 1. The predicted octanol–water partition coefficient (Wildman–Crippen LogP) is -0.344. The summed E-state index contributed by atoms with van der Waals surface area (Å²) in [5, 5.41) is 8.32. The van der Waals surface area contributed by atoms with Crippen molar-refractivity contribution in [2.45, 2.75) is 0 Å². The molecule has 0 fully saturated rings. The Morgan fingerprint density at radius 1 is 1.69 bits per heavy atom. The van der Waals surface area contributed by atoms with Crippen LogP contribution < -0.4 is 10.9 Å². The molecular weight excluding hydrogens is 177 g/mol. The molecule has 1 aromatic rings. The molecule has 5 nitrogen and oxygen atoms in total. The van der Waals surface area contributed by atoms with Gasteiger partial charge in [0.2, 0.25) is 0 Å². The van der Waals surface area contributed by atoms with Crippen LogP contribution in [0, 0.1) is 5.82 Å². The highest BCUT2D eigenvalue weighted by atomic mass is 19.1. The van der Waals surface area contributed by atoms with E-state index in [9.17, 15) is 9.18 Å². The minimum atomic E-state index is -0.665. The molecule has 1 heterocycles. The predicted molar refractivity (Wildman–Crippen MR) is 43.0 cm³/mol. The zero-order valence-electron chi connectivity index (χ0n) is 6.62. The maximum atomic E-state index is 12.8. The maximum Gasteiger partial charge on any atom is 0.264 e. The van der Waals surface area contributed by atoms with Crippen LogP contribution in [0.5, 0.6) is 0 Å². The molecule has 0 aliphatic carbocycles. The van der Waals surface area contributed by atoms with Gasteiger partial charge >= 0.3 is 0 Å². The van der Waals surface area contributed by atoms with E-state index in [1.165, 1.54) is 18.3 Å². The number of amides is 1. The lowest BCUT2D eigenvalue weighted by molar-refractivity contribution is -0.123. The number of anilines is 1. The van der Waals surface area contributed by atoms with Crippen molar-refractivity contribution in [1.29, 1.82) is 0 Å². The topological polar surface area (TPSA) is 74.2 Å². The number of carbonyl (C=O) groups excluding carboxylic acids is 1. The van der Waals surface area contributed by atoms with Crippen LogP contribution in [0.25, 0.3) is 0 Å². The van der Waals surface area contributed by atoms with Crippen molar-refractivity contribution in [2.24, 2.45) is 0 Å². The van der Waals surface area contributed by atoms with Gasteiger partial charge in [0.05, 0.1) is 0 Å². The van der Waals surface area contributed by atoms with Crippen LogP contribution in [-0.2, 0) is 4.79 Å². The summed E-state index contributed by atoms with van der Waals surface area (Å²) in [5.74, 6) is -1.34. The van der Waals surface area contributed by atoms with Crippen LogP contribution in [-0.4, -0.2) is 22.6 Å². The molecule has 3 N–H and O–H groups in total. The molecule has 0 radical (unpaired) electrons. The first-order chi connectivity index (χ1) is 6.24. The van der Waals surface area contributed by atoms with Gasteiger partial charge in [0.15, 0.2) is 11.6 Å². The number of rotatable bonds is 3. The minimum Gasteiger partial charge on any atom is -0.386 e. The molecule has 0 bridgehead atoms. The molecule has 0 aliphatic rings. The molecule has 1 aromatic heterocycles. The average Bonchev–Trinajstić information content (AvgIpc) is 2.16. The van der Waals surface area contributed by atoms with Crippen LogP contribution in [0.4, 0.5) is 10.2 Å². The second kappa shape index (κ2) is 4.36. The highest BCUT2D eigenvalue weighted by Gasteiger charge is 2.02. The summed E-state index contributed by atoms with van der Waals surface area (Å²) in [5.41, 5.74) is 4.27. The second-order valence-corrected chi connectivity index (χ2v) is 2.17. The van der Waals surface area contributed by atoms with E-state index in [-0.39, 0.29) is 5.82 Å². The van der Waals surface area contributed by atoms with E-state index in [1.54, 1.807) is 0 Å². The third-order valence-corrected chi connectivity index (χ3v) is 1.22. The first kappa shape index (κ1) is 9.40. The summed E-state index contributed by atoms with van der Waals surface area (Å²) in [6.07, 6.45) is 1.37. The zero-order valence-corrected chi connectivity index (χ0v) is 6.62. The number of carbonyl (C=O) groups is 1. The van der Waals surface area contributed by atoms with Crippen molar-refractivity contribution < 1.29 is 14.3 Å². The third-order valence-electron chi connectivity index (χ3n) is 1.22. The van der Waals surface area contributed by atoms with E-state index in [2.05, 4.69) is 10.4 Å². The van der Waals surface area contributed by atoms with E-state index in [4.69, 9.17) is 5.11 Å². The van der Waals surface area contributed by atoms with Crippen LogP contribution >= 0.6 is 0 Å². The van der Waals surface area contributed by atoms with Gasteiger partial charge in [0, 0.05) is 6.20 Å². The summed E-state index contributed by atoms with van der Waals surface area (Å²) in [7, 11) is 0. The molecule has 6 heteroatoms. The van der Waals surface area contributed by atoms with Crippen LogP contribution in [0.3, 0.4) is 0 Å². The van der Waals surface area contributed by atoms with E-state index in [0.717, 1.165) is 0 Å². The van der Waals surface area contributed by atoms with Crippen molar-refractivity contribution in [3.8, 4) is 0 Å². The monoisotopic (exact) mass is 185 g/mol. The Balaban J connectivity index is 2.54. The van der Waals surface area contributed by atoms with Gasteiger partial charge < -0.3 is 5.11 Å². The number of aliphatic hydroxyl groups excluding tert-OH is 1. The lowest BCUT2D eigenvalue weighted by Crippen LogP contribution is -2.32. The van der Waals surface area contributed by atoms with E-state index in [1.807, 2.05) is 5.43 Å². The molecule has 1 amide bonds. The SMILES string of the molecule is O=C(CO)NNc1ncccc1F. The van der Waals surface area contributed by atoms with Crippen LogP contribution in [0.2, 0.25) is 0 Å². The van der Waals surface area contributed by atoms with Crippen molar-refractivity contribution in [3.05, 3.63) is 24.1 Å². The number of hydrogen-bond donors (Lipinski definition) is 3. The molecule has 0 unspecified atom stereocenters. The summed E-state index contributed by atoms with van der Waals surface area (Å²) < 4.78 is 12.8. The Morgan fingerprint density at radius 2 is 2.46 bits per heavy atom. The molecule has 13 heavy (non-hydrogen) atoms. The lowest BCUT2D eigenvalue weighted by Gasteiger charge is -2.05. The Labute approximate surface area is 73.6 Å². The standard InChI is InChI=1S/C7H8FN3O2/c8-5-2-1-3-9-7(5)11-10-6(13)4-12/h1-3,12H,4H2,(H,9,11)(H,10,13). The Kier molecular flexibility index (Phi) is 3.15. The van der Waals surface area contributed by atoms with Crippen LogP contribution in [0.15, 0.2) is 18.3 Å². The van der Waals surface area contributed by atoms with Crippen LogP contribution in [0.1, 0.15) is 0 Å². The maximum absolute atomic E-state index is 12.8. The fourth-order valence-corrected chi connectivity index (χ4v) is 0.646. The number of aliphatic hydroxyl groups is 1. The number of nitrogens with one attached hydrogen (secondary N) is 2. The number of hydrogen-bond acceptors (Lipinski definition) is 4. The van der Waals surface area contributed by atoms with Gasteiger partial charge in [-0.3, -0.25) is 15.6 Å². The Bertz CT molecular complexity index is 306. The van der Waals surface area contributed by atoms with E-state index in [0.29, 0.717) is 0 Å². The van der Waals surface area contributed by atoms with Gasteiger partial charge in [-0.05, 0) is 12.1 Å². The summed E-state index contributed by atoms with van der Waals surface area (Å²) >= 11 is 0. The fourth-order valence-electron chi connectivity index (χ4n) is 0.646. The van der Waals surface area contributed by atoms with Gasteiger partial charge in [-0.1, -0.05) is 0 Å². The van der Waals surface area contributed by atoms with Crippen molar-refractivity contribution in [2.75, 3.05) is 12.0 Å². The Hall–Kier alpha value is -1.69. The smallest absolute Gasteiger partial charge is 0.264 e. The van der Waals surface area contributed by atoms with Gasteiger partial charge in [-0.15, -0.1) is 0 Å². The highest BCUT2D eigenvalue weighted by Crippen LogP contribution is 2.05. The molecule has 0 saturated carbocycles. The fraction of sp³-hybridized carbons (Fsp3) is 0.143. The number of pyridine rings is 1. The molecule has 0 aromatic carbocycles. The lowest BCUT2D eigenvalue weighted by atomic mass is 10.4. The van der Waals surface area contributed by atoms with Gasteiger partial charge in [0.1, 0.15) is 6.61 Å². The highest BCUT2D eigenvalue weighted by molar-refractivity contribution is 5.78. The second-order valence-electron chi connectivity index (χ2n) is 2.17. The first-order valence-electron chi connectivity index (χ1n) is 3.50. The zero-order chi connectivity index (χ0) is 9.68. The molecular formula is C7H8FN3O2. The van der Waals surface area contributed by atoms with Gasteiger partial charge in [-0.2, -0.15) is 0 Å². The first-order valence-corrected chi connectivity index (χ1v) is 3.50. The van der Waals surface area contributed by atoms with Crippen molar-refractivity contribution in [3.63, 3.8) is 0 Å². The van der Waals surface area contributed by atoms with E-state index >= 15 is 0 Å². The van der Waals surface area contributed by atoms with E-state index < -0.39 is 18.3 Å². The molecule has 1 rings (SSSR count). The number of nitrogens with zero attached hydrogens (tertiary/aromatic N) is 1. The van der Waals surface area contributed by atoms with Crippen molar-refractivity contribution >= 4 is 11.7 Å². The molecule has 70 valence electrons. The summed E-state index contributed by atoms with van der Waals surface area (Å²) in [6, 6.07) is 2.62. The molecule has 0 spiro atoms. The quantitative estimate of drug-likeness (QED) is 0.563. The minimum absolute atomic E-state index is 0.0932. The van der Waals surface area contributed by atoms with Gasteiger partial charge in [0.25, 0.3) is 5.91 Å².